The number of carbonyl (C=O) groups is 2. The standard InChI is InChI=1S/C17H13N5O2S/c18-16(23)14-11-9-10(3-4-12(11)20-21-14)19-17(24)15-13(5-8-25-15)22-6-1-2-7-22/h1-9H,(H2,18,23)(H,19,24)(H,20,21). The number of nitrogens with two attached hydrogens (primary N) is 1. The van der Waals surface area contributed by atoms with Crippen LogP contribution < -0.4 is 11.1 Å². The summed E-state index contributed by atoms with van der Waals surface area (Å²) in [7, 11) is 0. The lowest BCUT2D eigenvalue weighted by Crippen LogP contribution is -2.13. The number of amides is 2. The highest BCUT2D eigenvalue weighted by Crippen LogP contribution is 2.25. The van der Waals surface area contributed by atoms with Gasteiger partial charge in [-0.1, -0.05) is 0 Å². The van der Waals surface area contributed by atoms with E-state index in [4.69, 9.17) is 5.73 Å². The number of H-pyrrole nitrogens is 1. The third-order valence-corrected chi connectivity index (χ3v) is 4.69. The molecule has 0 aliphatic carbocycles. The van der Waals surface area contributed by atoms with Crippen LogP contribution in [0.2, 0.25) is 0 Å². The van der Waals surface area contributed by atoms with Gasteiger partial charge in [-0.25, -0.2) is 0 Å². The lowest BCUT2D eigenvalue weighted by atomic mass is 10.2. The first-order valence-electron chi connectivity index (χ1n) is 7.43. The van der Waals surface area contributed by atoms with Crippen LogP contribution in [-0.2, 0) is 0 Å². The second-order valence-corrected chi connectivity index (χ2v) is 6.29. The number of nitrogens with zero attached hydrogens (tertiary/aromatic N) is 2. The average Bonchev–Trinajstić information content (AvgIpc) is 3.33. The quantitative estimate of drug-likeness (QED) is 0.526. The number of nitrogens with one attached hydrogen (secondary N) is 2. The molecule has 0 saturated heterocycles. The van der Waals surface area contributed by atoms with Crippen molar-refractivity contribution >= 4 is 39.7 Å². The summed E-state index contributed by atoms with van der Waals surface area (Å²) < 4.78 is 1.88. The Morgan fingerprint density at radius 1 is 1.20 bits per heavy atom. The van der Waals surface area contributed by atoms with Crippen LogP contribution in [0.1, 0.15) is 20.2 Å². The van der Waals surface area contributed by atoms with E-state index in [1.54, 1.807) is 18.2 Å². The Morgan fingerprint density at radius 3 is 2.76 bits per heavy atom. The van der Waals surface area contributed by atoms with Crippen LogP contribution in [0.5, 0.6) is 0 Å². The second kappa shape index (κ2) is 5.91. The van der Waals surface area contributed by atoms with Crippen LogP contribution >= 0.6 is 11.3 Å². The van der Waals surface area contributed by atoms with Gasteiger partial charge in [-0.3, -0.25) is 14.7 Å². The van der Waals surface area contributed by atoms with Crippen molar-refractivity contribution in [2.75, 3.05) is 5.32 Å². The number of benzene rings is 1. The van der Waals surface area contributed by atoms with E-state index < -0.39 is 5.91 Å². The molecule has 124 valence electrons. The van der Waals surface area contributed by atoms with Crippen LogP contribution in [-0.4, -0.2) is 26.6 Å². The van der Waals surface area contributed by atoms with Crippen molar-refractivity contribution in [2.45, 2.75) is 0 Å². The first-order valence-corrected chi connectivity index (χ1v) is 8.31. The highest BCUT2D eigenvalue weighted by atomic mass is 32.1. The lowest BCUT2D eigenvalue weighted by Gasteiger charge is -2.07. The Labute approximate surface area is 146 Å². The van der Waals surface area contributed by atoms with E-state index in [2.05, 4.69) is 15.5 Å². The average molecular weight is 351 g/mol. The van der Waals surface area contributed by atoms with Gasteiger partial charge < -0.3 is 15.6 Å². The number of hydrogen-bond donors (Lipinski definition) is 3. The molecule has 8 heteroatoms. The summed E-state index contributed by atoms with van der Waals surface area (Å²) in [6.45, 7) is 0. The van der Waals surface area contributed by atoms with Crippen LogP contribution in [0.25, 0.3) is 16.6 Å². The number of fused-ring (bicyclic) bond motifs is 1. The molecule has 4 aromatic rings. The van der Waals surface area contributed by atoms with Crippen LogP contribution in [0, 0.1) is 0 Å². The van der Waals surface area contributed by atoms with Gasteiger partial charge in [-0.15, -0.1) is 11.3 Å². The molecule has 0 aliphatic heterocycles. The number of anilines is 1. The predicted octanol–water partition coefficient (Wildman–Crippen LogP) is 2.77. The SMILES string of the molecule is NC(=O)c1n[nH]c2ccc(NC(=O)c3sccc3-n3cccc3)cc12. The second-order valence-electron chi connectivity index (χ2n) is 5.38. The van der Waals surface area contributed by atoms with E-state index in [1.807, 2.05) is 40.5 Å². The topological polar surface area (TPSA) is 106 Å². The van der Waals surface area contributed by atoms with Crippen molar-refractivity contribution < 1.29 is 9.59 Å². The fraction of sp³-hybridized carbons (Fsp3) is 0. The van der Waals surface area contributed by atoms with E-state index in [-0.39, 0.29) is 11.6 Å². The molecule has 4 rings (SSSR count). The summed E-state index contributed by atoms with van der Waals surface area (Å²) >= 11 is 1.36. The molecule has 4 N–H and O–H groups in total. The molecule has 2 amide bonds. The van der Waals surface area contributed by atoms with E-state index in [9.17, 15) is 9.59 Å². The molecule has 3 aromatic heterocycles. The summed E-state index contributed by atoms with van der Waals surface area (Å²) in [5.74, 6) is -0.843. The van der Waals surface area contributed by atoms with Gasteiger partial charge in [-0.05, 0) is 41.8 Å². The molecule has 25 heavy (non-hydrogen) atoms. The Balaban J connectivity index is 1.66. The number of carbonyl (C=O) groups excluding carboxylic acids is 2. The smallest absolute Gasteiger partial charge is 0.269 e. The zero-order valence-corrected chi connectivity index (χ0v) is 13.7. The van der Waals surface area contributed by atoms with Gasteiger partial charge in [0.25, 0.3) is 11.8 Å². The van der Waals surface area contributed by atoms with Gasteiger partial charge in [0.05, 0.1) is 11.2 Å². The molecular formula is C17H13N5O2S. The van der Waals surface area contributed by atoms with Crippen molar-refractivity contribution in [1.29, 1.82) is 0 Å². The third-order valence-electron chi connectivity index (χ3n) is 3.79. The van der Waals surface area contributed by atoms with Crippen LogP contribution in [0.4, 0.5) is 5.69 Å². The van der Waals surface area contributed by atoms with Crippen molar-refractivity contribution in [3.63, 3.8) is 0 Å². The van der Waals surface area contributed by atoms with Crippen LogP contribution in [0.15, 0.2) is 54.2 Å². The summed E-state index contributed by atoms with van der Waals surface area (Å²) in [6.07, 6.45) is 3.77. The number of primary amides is 1. The minimum atomic E-state index is -0.622. The number of aromatic amines is 1. The molecule has 0 atom stereocenters. The Hall–Kier alpha value is -3.39. The molecule has 0 aliphatic rings. The van der Waals surface area contributed by atoms with E-state index >= 15 is 0 Å². The van der Waals surface area contributed by atoms with E-state index in [0.717, 1.165) is 5.69 Å². The van der Waals surface area contributed by atoms with Crippen molar-refractivity contribution in [2.24, 2.45) is 5.73 Å². The predicted molar refractivity (Wildman–Crippen MR) is 96.2 cm³/mol. The first-order chi connectivity index (χ1) is 12.1. The van der Waals surface area contributed by atoms with Gasteiger partial charge in [0.15, 0.2) is 5.69 Å². The molecule has 0 bridgehead atoms. The molecular weight excluding hydrogens is 338 g/mol. The van der Waals surface area contributed by atoms with Crippen molar-refractivity contribution in [3.8, 4) is 5.69 Å². The molecule has 1 aromatic carbocycles. The summed E-state index contributed by atoms with van der Waals surface area (Å²) in [6, 6.07) is 10.9. The number of rotatable bonds is 4. The molecule has 0 radical (unpaired) electrons. The highest BCUT2D eigenvalue weighted by molar-refractivity contribution is 7.12. The Morgan fingerprint density at radius 2 is 2.00 bits per heavy atom. The maximum absolute atomic E-state index is 12.7. The lowest BCUT2D eigenvalue weighted by molar-refractivity contribution is 0.0995. The molecule has 7 nitrogen and oxygen atoms in total. The summed E-state index contributed by atoms with van der Waals surface area (Å²) in [5.41, 5.74) is 7.52. The van der Waals surface area contributed by atoms with E-state index in [0.29, 0.717) is 21.5 Å². The number of hydrogen-bond acceptors (Lipinski definition) is 4. The minimum absolute atomic E-state index is 0.148. The van der Waals surface area contributed by atoms with Crippen molar-refractivity contribution in [1.82, 2.24) is 14.8 Å². The minimum Gasteiger partial charge on any atom is -0.364 e. The molecule has 0 fully saturated rings. The van der Waals surface area contributed by atoms with Crippen LogP contribution in [0.3, 0.4) is 0 Å². The molecule has 0 spiro atoms. The number of aromatic nitrogens is 3. The molecule has 0 saturated carbocycles. The maximum Gasteiger partial charge on any atom is 0.269 e. The van der Waals surface area contributed by atoms with Gasteiger partial charge in [0.2, 0.25) is 0 Å². The normalized spacial score (nSPS) is 10.9. The number of thiophene rings is 1. The monoisotopic (exact) mass is 351 g/mol. The zero-order valence-electron chi connectivity index (χ0n) is 12.9. The van der Waals surface area contributed by atoms with Crippen molar-refractivity contribution in [3.05, 3.63) is 64.7 Å². The first kappa shape index (κ1) is 15.2. The van der Waals surface area contributed by atoms with Gasteiger partial charge in [0, 0.05) is 23.5 Å². The van der Waals surface area contributed by atoms with Gasteiger partial charge in [0.1, 0.15) is 4.88 Å². The largest absolute Gasteiger partial charge is 0.364 e. The fourth-order valence-corrected chi connectivity index (χ4v) is 3.42. The van der Waals surface area contributed by atoms with Gasteiger partial charge >= 0.3 is 0 Å². The summed E-state index contributed by atoms with van der Waals surface area (Å²) in [5, 5.41) is 11.9. The summed E-state index contributed by atoms with van der Waals surface area (Å²) in [4.78, 5) is 24.7. The fourth-order valence-electron chi connectivity index (χ4n) is 2.64. The molecule has 0 unspecified atom stereocenters. The van der Waals surface area contributed by atoms with E-state index in [1.165, 1.54) is 11.3 Å². The maximum atomic E-state index is 12.7. The zero-order chi connectivity index (χ0) is 17.4. The Kier molecular flexibility index (Phi) is 3.58. The Bertz CT molecular complexity index is 1080. The highest BCUT2D eigenvalue weighted by Gasteiger charge is 2.16. The third kappa shape index (κ3) is 2.68. The van der Waals surface area contributed by atoms with Gasteiger partial charge in [-0.2, -0.15) is 5.10 Å². The molecule has 3 heterocycles.